The summed E-state index contributed by atoms with van der Waals surface area (Å²) in [5, 5.41) is 28.9. The molecule has 0 bridgehead atoms. The van der Waals surface area contributed by atoms with Gasteiger partial charge in [0.25, 0.3) is 0 Å². The average molecular weight is 388 g/mol. The Hall–Kier alpha value is -2.44. The highest BCUT2D eigenvalue weighted by molar-refractivity contribution is 5.84. The van der Waals surface area contributed by atoms with E-state index in [1.807, 2.05) is 30.4 Å². The number of ether oxygens (including phenoxy) is 1. The summed E-state index contributed by atoms with van der Waals surface area (Å²) in [5.74, 6) is -0.821. The molecule has 0 radical (unpaired) electrons. The number of allylic oxidation sites excluding steroid dienone is 2. The second-order valence-corrected chi connectivity index (χ2v) is 6.99. The van der Waals surface area contributed by atoms with Gasteiger partial charge in [-0.3, -0.25) is 9.59 Å². The predicted octanol–water partition coefficient (Wildman–Crippen LogP) is 2.75. The van der Waals surface area contributed by atoms with Crippen LogP contribution < -0.4 is 4.74 Å². The van der Waals surface area contributed by atoms with Crippen LogP contribution in [0.15, 0.2) is 54.6 Å². The molecule has 0 heterocycles. The maximum absolute atomic E-state index is 12.2. The third kappa shape index (κ3) is 7.29. The van der Waals surface area contributed by atoms with Gasteiger partial charge in [0, 0.05) is 24.7 Å². The predicted molar refractivity (Wildman–Crippen MR) is 105 cm³/mol. The number of ketones is 1. The molecule has 0 saturated heterocycles. The first-order chi connectivity index (χ1) is 13.5. The normalized spacial score (nSPS) is 23.5. The largest absolute Gasteiger partial charge is 0.491 e. The van der Waals surface area contributed by atoms with Crippen LogP contribution in [0.2, 0.25) is 0 Å². The Morgan fingerprint density at radius 1 is 1.25 bits per heavy atom. The molecule has 1 fully saturated rings. The fraction of sp³-hybridized carbons (Fsp3) is 0.455. The molecule has 0 aromatic heterocycles. The molecule has 1 aromatic rings. The number of para-hydroxylation sites is 1. The molecule has 28 heavy (non-hydrogen) atoms. The van der Waals surface area contributed by atoms with Crippen molar-refractivity contribution in [1.29, 1.82) is 0 Å². The monoisotopic (exact) mass is 388 g/mol. The second-order valence-electron chi connectivity index (χ2n) is 6.99. The van der Waals surface area contributed by atoms with Crippen LogP contribution in [0.25, 0.3) is 0 Å². The summed E-state index contributed by atoms with van der Waals surface area (Å²) in [4.78, 5) is 22.7. The maximum atomic E-state index is 12.2. The number of carboxylic acids is 1. The number of Topliss-reactive ketones (excluding diaryl/α,β-unsaturated/α-hetero) is 1. The zero-order valence-electron chi connectivity index (χ0n) is 15.8. The first-order valence-corrected chi connectivity index (χ1v) is 9.59. The molecular weight excluding hydrogens is 360 g/mol. The third-order valence-electron chi connectivity index (χ3n) is 4.77. The minimum Gasteiger partial charge on any atom is -0.491 e. The van der Waals surface area contributed by atoms with E-state index in [1.165, 1.54) is 0 Å². The molecule has 6 nitrogen and oxygen atoms in total. The number of aliphatic carboxylic acids is 1. The van der Waals surface area contributed by atoms with Crippen LogP contribution in [0.5, 0.6) is 5.75 Å². The number of hydrogen-bond donors (Lipinski definition) is 3. The summed E-state index contributed by atoms with van der Waals surface area (Å²) >= 11 is 0. The van der Waals surface area contributed by atoms with Gasteiger partial charge in [-0.15, -0.1) is 0 Å². The van der Waals surface area contributed by atoms with Crippen molar-refractivity contribution in [2.24, 2.45) is 11.8 Å². The summed E-state index contributed by atoms with van der Waals surface area (Å²) in [5.41, 5.74) is 0. The van der Waals surface area contributed by atoms with Crippen LogP contribution in [0.4, 0.5) is 0 Å². The molecule has 1 aromatic carbocycles. The Bertz CT molecular complexity index is 682. The van der Waals surface area contributed by atoms with Crippen molar-refractivity contribution < 1.29 is 29.6 Å². The lowest BCUT2D eigenvalue weighted by Gasteiger charge is -2.17. The molecule has 0 aliphatic heterocycles. The van der Waals surface area contributed by atoms with Gasteiger partial charge in [0.15, 0.2) is 0 Å². The van der Waals surface area contributed by atoms with Gasteiger partial charge in [-0.2, -0.15) is 0 Å². The summed E-state index contributed by atoms with van der Waals surface area (Å²) < 4.78 is 5.49. The van der Waals surface area contributed by atoms with Crippen molar-refractivity contribution in [3.8, 4) is 5.75 Å². The van der Waals surface area contributed by atoms with E-state index in [4.69, 9.17) is 9.84 Å². The van der Waals surface area contributed by atoms with Crippen LogP contribution in [0, 0.1) is 11.8 Å². The van der Waals surface area contributed by atoms with E-state index in [-0.39, 0.29) is 37.1 Å². The van der Waals surface area contributed by atoms with E-state index in [2.05, 4.69) is 0 Å². The number of hydrogen-bond acceptors (Lipinski definition) is 5. The van der Waals surface area contributed by atoms with Crippen LogP contribution in [-0.2, 0) is 9.59 Å². The highest BCUT2D eigenvalue weighted by Crippen LogP contribution is 2.33. The molecule has 4 atom stereocenters. The Morgan fingerprint density at radius 3 is 2.71 bits per heavy atom. The van der Waals surface area contributed by atoms with Gasteiger partial charge in [-0.25, -0.2) is 0 Å². The molecule has 0 amide bonds. The lowest BCUT2D eigenvalue weighted by Crippen LogP contribution is -2.20. The van der Waals surface area contributed by atoms with Crippen molar-refractivity contribution in [2.75, 3.05) is 6.61 Å². The number of unbranched alkanes of at least 4 members (excludes halogenated alkanes) is 1. The number of carbonyl (C=O) groups excluding carboxylic acids is 1. The lowest BCUT2D eigenvalue weighted by molar-refractivity contribution is -0.137. The van der Waals surface area contributed by atoms with Crippen LogP contribution in [0.1, 0.15) is 32.1 Å². The van der Waals surface area contributed by atoms with Crippen LogP contribution in [0.3, 0.4) is 0 Å². The van der Waals surface area contributed by atoms with Crippen molar-refractivity contribution in [2.45, 2.75) is 44.3 Å². The Kier molecular flexibility index (Phi) is 8.91. The minimum absolute atomic E-state index is 0.00682. The lowest BCUT2D eigenvalue weighted by atomic mass is 9.90. The molecule has 1 aliphatic rings. The van der Waals surface area contributed by atoms with Gasteiger partial charge in [-0.05, 0) is 31.4 Å². The molecule has 0 unspecified atom stereocenters. The van der Waals surface area contributed by atoms with Gasteiger partial charge in [-0.1, -0.05) is 42.5 Å². The Morgan fingerprint density at radius 2 is 2.00 bits per heavy atom. The van der Waals surface area contributed by atoms with Gasteiger partial charge < -0.3 is 20.1 Å². The zero-order chi connectivity index (χ0) is 20.4. The molecular formula is C22H28O6. The number of benzene rings is 1. The smallest absolute Gasteiger partial charge is 0.303 e. The minimum atomic E-state index is -0.838. The van der Waals surface area contributed by atoms with E-state index in [1.54, 1.807) is 24.3 Å². The van der Waals surface area contributed by atoms with Gasteiger partial charge in [0.05, 0.1) is 6.10 Å². The summed E-state index contributed by atoms with van der Waals surface area (Å²) in [6, 6.07) is 9.17. The van der Waals surface area contributed by atoms with Crippen molar-refractivity contribution in [3.05, 3.63) is 54.6 Å². The van der Waals surface area contributed by atoms with E-state index in [0.29, 0.717) is 25.0 Å². The summed E-state index contributed by atoms with van der Waals surface area (Å²) in [7, 11) is 0. The van der Waals surface area contributed by atoms with E-state index in [0.717, 1.165) is 0 Å². The van der Waals surface area contributed by atoms with Crippen molar-refractivity contribution in [3.63, 3.8) is 0 Å². The topological polar surface area (TPSA) is 104 Å². The molecule has 6 heteroatoms. The molecule has 2 rings (SSSR count). The van der Waals surface area contributed by atoms with Crippen molar-refractivity contribution >= 4 is 11.8 Å². The highest BCUT2D eigenvalue weighted by atomic mass is 16.5. The average Bonchev–Trinajstić information content (AvgIpc) is 2.94. The van der Waals surface area contributed by atoms with E-state index >= 15 is 0 Å². The first-order valence-electron chi connectivity index (χ1n) is 9.59. The third-order valence-corrected chi connectivity index (χ3v) is 4.77. The zero-order valence-corrected chi connectivity index (χ0v) is 15.8. The molecule has 1 saturated carbocycles. The Balaban J connectivity index is 1.82. The van der Waals surface area contributed by atoms with E-state index < -0.39 is 18.2 Å². The molecule has 0 spiro atoms. The highest BCUT2D eigenvalue weighted by Gasteiger charge is 2.39. The first kappa shape index (κ1) is 21.9. The van der Waals surface area contributed by atoms with Gasteiger partial charge in [0.1, 0.15) is 24.2 Å². The van der Waals surface area contributed by atoms with Gasteiger partial charge in [0.2, 0.25) is 0 Å². The fourth-order valence-corrected chi connectivity index (χ4v) is 3.27. The SMILES string of the molecule is O=C(O)CCC/C=C\C[C@H]1C(=O)C[C@@H](O)[C@@H]1/C=C/[C@@H](O)COc1ccccc1. The maximum Gasteiger partial charge on any atom is 0.303 e. The number of carboxylic acid groups (broad SMARTS) is 1. The molecule has 3 N–H and O–H groups in total. The standard InChI is InChI=1S/C22H28O6/c23-16(15-28-17-8-4-3-5-9-17)12-13-19-18(20(24)14-21(19)25)10-6-1-2-7-11-22(26)27/h1,3-6,8-9,12-13,16,18-19,21,23,25H,2,7,10-11,14-15H2,(H,26,27)/b6-1-,13-12+/t16-,18-,19-,21-/m1/s1. The number of carbonyl (C=O) groups is 2. The summed E-state index contributed by atoms with van der Waals surface area (Å²) in [6.07, 6.45) is 7.37. The second kappa shape index (κ2) is 11.4. The number of rotatable bonds is 11. The molecule has 1 aliphatic carbocycles. The quantitative estimate of drug-likeness (QED) is 0.398. The number of aliphatic hydroxyl groups is 2. The summed E-state index contributed by atoms with van der Waals surface area (Å²) in [6.45, 7) is 0.0887. The van der Waals surface area contributed by atoms with Crippen LogP contribution in [-0.4, -0.2) is 45.9 Å². The number of aliphatic hydroxyl groups excluding tert-OH is 2. The Labute approximate surface area is 165 Å². The van der Waals surface area contributed by atoms with Crippen LogP contribution >= 0.6 is 0 Å². The van der Waals surface area contributed by atoms with Gasteiger partial charge >= 0.3 is 5.97 Å². The van der Waals surface area contributed by atoms with E-state index in [9.17, 15) is 19.8 Å². The van der Waals surface area contributed by atoms with Crippen molar-refractivity contribution in [1.82, 2.24) is 0 Å². The molecule has 152 valence electrons. The fourth-order valence-electron chi connectivity index (χ4n) is 3.27.